The quantitative estimate of drug-likeness (QED) is 0.537. The molecule has 1 aliphatic heterocycles. The molecule has 0 saturated carbocycles. The van der Waals surface area contributed by atoms with Gasteiger partial charge in [-0.15, -0.1) is 0 Å². The summed E-state index contributed by atoms with van der Waals surface area (Å²) >= 11 is 0. The van der Waals surface area contributed by atoms with E-state index in [9.17, 15) is 9.90 Å². The number of carbonyl (C=O) groups excluding carboxylic acids is 1. The number of likely N-dealkylation sites (tertiary alicyclic amines) is 1. The molecule has 1 saturated heterocycles. The second-order valence-electron chi connectivity index (χ2n) is 7.95. The molecule has 0 spiro atoms. The molecule has 160 valence electrons. The van der Waals surface area contributed by atoms with Crippen LogP contribution in [-0.4, -0.2) is 41.3 Å². The summed E-state index contributed by atoms with van der Waals surface area (Å²) in [6.07, 6.45) is 3.69. The molecule has 3 rings (SSSR count). The normalized spacial score (nSPS) is 15.1. The second-order valence-corrected chi connectivity index (χ2v) is 7.95. The summed E-state index contributed by atoms with van der Waals surface area (Å²) in [7, 11) is 0. The minimum Gasteiger partial charge on any atom is -0.508 e. The summed E-state index contributed by atoms with van der Waals surface area (Å²) in [5, 5.41) is 14.4. The van der Waals surface area contributed by atoms with E-state index in [4.69, 9.17) is 4.74 Å². The maximum absolute atomic E-state index is 12.1. The molecule has 1 amide bonds. The van der Waals surface area contributed by atoms with Crippen LogP contribution in [0.3, 0.4) is 0 Å². The molecular formula is C24H31N3O3. The first-order valence-electron chi connectivity index (χ1n) is 10.5. The number of nitrogens with one attached hydrogen (secondary N) is 1. The molecule has 6 heteroatoms. The number of nitrogens with zero attached hydrogens (tertiary/aromatic N) is 2. The van der Waals surface area contributed by atoms with Crippen LogP contribution in [0.2, 0.25) is 0 Å². The lowest BCUT2D eigenvalue weighted by Crippen LogP contribution is -2.29. The highest BCUT2D eigenvalue weighted by Gasteiger charge is 2.13. The predicted molar refractivity (Wildman–Crippen MR) is 119 cm³/mol. The molecule has 0 bridgehead atoms. The van der Waals surface area contributed by atoms with Gasteiger partial charge in [0, 0.05) is 12.1 Å². The average Bonchev–Trinajstić information content (AvgIpc) is 2.75. The third-order valence-corrected chi connectivity index (χ3v) is 5.54. The summed E-state index contributed by atoms with van der Waals surface area (Å²) in [6.45, 7) is 8.62. The smallest absolute Gasteiger partial charge is 0.277 e. The molecule has 0 unspecified atom stereocenters. The zero-order valence-electron chi connectivity index (χ0n) is 18.1. The number of phenolic OH excluding ortho intramolecular Hbond substituents is 1. The van der Waals surface area contributed by atoms with E-state index < -0.39 is 0 Å². The van der Waals surface area contributed by atoms with Gasteiger partial charge in [0.2, 0.25) is 0 Å². The number of hydrogen-bond acceptors (Lipinski definition) is 5. The van der Waals surface area contributed by atoms with Crippen LogP contribution in [0.5, 0.6) is 11.5 Å². The van der Waals surface area contributed by atoms with Crippen molar-refractivity contribution in [3.63, 3.8) is 0 Å². The van der Waals surface area contributed by atoms with E-state index in [-0.39, 0.29) is 12.5 Å². The third kappa shape index (κ3) is 6.07. The van der Waals surface area contributed by atoms with E-state index in [0.717, 1.165) is 36.3 Å². The summed E-state index contributed by atoms with van der Waals surface area (Å²) < 4.78 is 5.54. The lowest BCUT2D eigenvalue weighted by atomic mass is 10.0. The zero-order valence-corrected chi connectivity index (χ0v) is 18.1. The molecule has 0 radical (unpaired) electrons. The van der Waals surface area contributed by atoms with E-state index in [1.54, 1.807) is 6.07 Å². The van der Waals surface area contributed by atoms with Crippen molar-refractivity contribution in [2.45, 2.75) is 46.6 Å². The molecule has 30 heavy (non-hydrogen) atoms. The molecule has 0 aromatic heterocycles. The molecule has 0 atom stereocenters. The summed E-state index contributed by atoms with van der Waals surface area (Å²) in [4.78, 5) is 14.5. The van der Waals surface area contributed by atoms with Crippen molar-refractivity contribution in [2.75, 3.05) is 19.7 Å². The van der Waals surface area contributed by atoms with Crippen LogP contribution >= 0.6 is 0 Å². The molecule has 2 aromatic rings. The Balaban J connectivity index is 1.56. The second kappa shape index (κ2) is 10.3. The van der Waals surface area contributed by atoms with Crippen LogP contribution in [0, 0.1) is 13.8 Å². The van der Waals surface area contributed by atoms with Crippen LogP contribution in [0.4, 0.5) is 0 Å². The van der Waals surface area contributed by atoms with Gasteiger partial charge in [-0.2, -0.15) is 5.10 Å². The number of hydrogen-bond donors (Lipinski definition) is 2. The number of ether oxygens (including phenoxy) is 1. The number of aryl methyl sites for hydroxylation is 2. The van der Waals surface area contributed by atoms with Crippen LogP contribution in [-0.2, 0) is 11.3 Å². The lowest BCUT2D eigenvalue weighted by molar-refractivity contribution is -0.123. The van der Waals surface area contributed by atoms with Gasteiger partial charge in [-0.25, -0.2) is 5.43 Å². The number of benzene rings is 2. The van der Waals surface area contributed by atoms with Gasteiger partial charge >= 0.3 is 0 Å². The topological polar surface area (TPSA) is 74.2 Å². The lowest BCUT2D eigenvalue weighted by Gasteiger charge is -2.26. The molecule has 1 heterocycles. The molecule has 6 nitrogen and oxygen atoms in total. The monoisotopic (exact) mass is 409 g/mol. The summed E-state index contributed by atoms with van der Waals surface area (Å²) in [5.74, 6) is 0.637. The molecule has 0 aliphatic carbocycles. The van der Waals surface area contributed by atoms with Crippen LogP contribution in [0.25, 0.3) is 0 Å². The predicted octanol–water partition coefficient (Wildman–Crippen LogP) is 3.91. The van der Waals surface area contributed by atoms with Gasteiger partial charge in [0.1, 0.15) is 11.5 Å². The number of carbonyl (C=O) groups is 1. The van der Waals surface area contributed by atoms with Gasteiger partial charge in [0.15, 0.2) is 6.61 Å². The number of piperidine rings is 1. The molecule has 1 aliphatic rings. The van der Waals surface area contributed by atoms with Crippen molar-refractivity contribution < 1.29 is 14.6 Å². The largest absolute Gasteiger partial charge is 0.508 e. The highest BCUT2D eigenvalue weighted by molar-refractivity contribution is 5.99. The fraction of sp³-hybridized carbons (Fsp3) is 0.417. The fourth-order valence-corrected chi connectivity index (χ4v) is 3.49. The first-order valence-corrected chi connectivity index (χ1v) is 10.5. The molecule has 1 fully saturated rings. The van der Waals surface area contributed by atoms with Gasteiger partial charge in [-0.05, 0) is 93.7 Å². The van der Waals surface area contributed by atoms with Gasteiger partial charge in [0.25, 0.3) is 5.91 Å². The Labute approximate surface area is 178 Å². The van der Waals surface area contributed by atoms with Crippen molar-refractivity contribution in [3.05, 3.63) is 58.7 Å². The van der Waals surface area contributed by atoms with Crippen molar-refractivity contribution in [2.24, 2.45) is 5.10 Å². The highest BCUT2D eigenvalue weighted by atomic mass is 16.5. The van der Waals surface area contributed by atoms with E-state index in [1.165, 1.54) is 24.8 Å². The zero-order chi connectivity index (χ0) is 21.5. The number of hydrazone groups is 1. The number of amides is 1. The Morgan fingerprint density at radius 3 is 2.60 bits per heavy atom. The maximum atomic E-state index is 12.1. The SMILES string of the molecule is C/C(=N\NC(=O)COc1ccc(C)c(C)c1)c1ccc(O)c(CN2CCCCC2)c1. The first-order chi connectivity index (χ1) is 14.4. The van der Waals surface area contributed by atoms with E-state index in [0.29, 0.717) is 17.2 Å². The van der Waals surface area contributed by atoms with Crippen LogP contribution in [0.15, 0.2) is 41.5 Å². The van der Waals surface area contributed by atoms with Gasteiger partial charge in [0.05, 0.1) is 5.71 Å². The third-order valence-electron chi connectivity index (χ3n) is 5.54. The van der Waals surface area contributed by atoms with Crippen LogP contribution < -0.4 is 10.2 Å². The average molecular weight is 410 g/mol. The molecule has 2 aromatic carbocycles. The van der Waals surface area contributed by atoms with Crippen LogP contribution in [0.1, 0.15) is 48.4 Å². The Morgan fingerprint density at radius 2 is 1.87 bits per heavy atom. The Hall–Kier alpha value is -2.86. The standard InChI is InChI=1S/C24H31N3O3/c1-17-7-9-22(13-18(17)2)30-16-24(29)26-25-19(3)20-8-10-23(28)21(14-20)15-27-11-5-4-6-12-27/h7-10,13-14,28H,4-6,11-12,15-16H2,1-3H3,(H,26,29)/b25-19+. The van der Waals surface area contributed by atoms with Gasteiger partial charge < -0.3 is 9.84 Å². The molecular weight excluding hydrogens is 378 g/mol. The summed E-state index contributed by atoms with van der Waals surface area (Å²) in [6, 6.07) is 11.2. The van der Waals surface area contributed by atoms with E-state index in [1.807, 2.05) is 51.1 Å². The fourth-order valence-electron chi connectivity index (χ4n) is 3.49. The minimum atomic E-state index is -0.320. The number of phenols is 1. The first kappa shape index (κ1) is 21.8. The number of rotatable bonds is 7. The van der Waals surface area contributed by atoms with Crippen molar-refractivity contribution in [1.82, 2.24) is 10.3 Å². The van der Waals surface area contributed by atoms with E-state index >= 15 is 0 Å². The van der Waals surface area contributed by atoms with E-state index in [2.05, 4.69) is 15.4 Å². The summed E-state index contributed by atoms with van der Waals surface area (Å²) in [5.41, 5.74) is 7.27. The van der Waals surface area contributed by atoms with Crippen molar-refractivity contribution in [1.29, 1.82) is 0 Å². The Bertz CT molecular complexity index is 918. The highest BCUT2D eigenvalue weighted by Crippen LogP contribution is 2.22. The van der Waals surface area contributed by atoms with Gasteiger partial charge in [-0.1, -0.05) is 12.5 Å². The van der Waals surface area contributed by atoms with Crippen molar-refractivity contribution >= 4 is 11.6 Å². The maximum Gasteiger partial charge on any atom is 0.277 e. The van der Waals surface area contributed by atoms with Gasteiger partial charge in [-0.3, -0.25) is 9.69 Å². The van der Waals surface area contributed by atoms with Crippen molar-refractivity contribution in [3.8, 4) is 11.5 Å². The molecule has 2 N–H and O–H groups in total. The Kier molecular flexibility index (Phi) is 7.46. The minimum absolute atomic E-state index is 0.102. The Morgan fingerprint density at radius 1 is 1.10 bits per heavy atom. The number of aromatic hydroxyl groups is 1.